The molecule has 1 unspecified atom stereocenters. The molecule has 0 aliphatic rings. The number of nitrogens with one attached hydrogen (secondary N) is 1. The lowest BCUT2D eigenvalue weighted by Crippen LogP contribution is -2.26. The molecule has 4 heteroatoms. The summed E-state index contributed by atoms with van der Waals surface area (Å²) in [5.74, 6) is 0. The van der Waals surface area contributed by atoms with Crippen LogP contribution in [0.4, 0.5) is 0 Å². The van der Waals surface area contributed by atoms with Crippen molar-refractivity contribution >= 4 is 27.3 Å². The molecule has 62 valence electrons. The van der Waals surface area contributed by atoms with E-state index in [-0.39, 0.29) is 0 Å². The molecule has 0 radical (unpaired) electrons. The number of halogens is 1. The summed E-state index contributed by atoms with van der Waals surface area (Å²) in [6, 6.07) is 0.525. The van der Waals surface area contributed by atoms with E-state index in [0.29, 0.717) is 6.04 Å². The molecule has 0 aromatic carbocycles. The van der Waals surface area contributed by atoms with Crippen molar-refractivity contribution in [1.29, 1.82) is 0 Å². The molecule has 0 bridgehead atoms. The minimum Gasteiger partial charge on any atom is -0.308 e. The third-order valence-electron chi connectivity index (χ3n) is 1.34. The van der Waals surface area contributed by atoms with E-state index in [0.717, 1.165) is 11.9 Å². The molecule has 1 N–H and O–H groups in total. The van der Waals surface area contributed by atoms with Crippen LogP contribution in [0.5, 0.6) is 0 Å². The number of rotatable bonds is 4. The first-order chi connectivity index (χ1) is 5.33. The summed E-state index contributed by atoms with van der Waals surface area (Å²) in [7, 11) is 0. The maximum absolute atomic E-state index is 3.99. The summed E-state index contributed by atoms with van der Waals surface area (Å²) < 4.78 is 0. The standard InChI is InChI=1S/C7H11BrN2S/c1-6(2-8)10-4-7-3-9-5-11-7/h3,5-6,10H,2,4H2,1H3. The van der Waals surface area contributed by atoms with Gasteiger partial charge in [-0.05, 0) is 6.92 Å². The molecule has 0 aliphatic heterocycles. The summed E-state index contributed by atoms with van der Waals surface area (Å²) in [5.41, 5.74) is 1.86. The second-order valence-electron chi connectivity index (χ2n) is 2.40. The van der Waals surface area contributed by atoms with Crippen molar-refractivity contribution in [1.82, 2.24) is 10.3 Å². The van der Waals surface area contributed by atoms with Gasteiger partial charge in [0.05, 0.1) is 5.51 Å². The Morgan fingerprint density at radius 2 is 2.64 bits per heavy atom. The molecule has 1 aromatic rings. The largest absolute Gasteiger partial charge is 0.308 e. The Hall–Kier alpha value is 0.0700. The molecule has 0 saturated carbocycles. The van der Waals surface area contributed by atoms with Gasteiger partial charge in [-0.1, -0.05) is 15.9 Å². The zero-order valence-electron chi connectivity index (χ0n) is 6.38. The number of hydrogen-bond acceptors (Lipinski definition) is 3. The van der Waals surface area contributed by atoms with E-state index in [1.165, 1.54) is 4.88 Å². The van der Waals surface area contributed by atoms with Gasteiger partial charge >= 0.3 is 0 Å². The van der Waals surface area contributed by atoms with Gasteiger partial charge in [0.25, 0.3) is 0 Å². The Morgan fingerprint density at radius 1 is 1.82 bits per heavy atom. The monoisotopic (exact) mass is 234 g/mol. The van der Waals surface area contributed by atoms with Crippen LogP contribution in [0.1, 0.15) is 11.8 Å². The summed E-state index contributed by atoms with van der Waals surface area (Å²) in [5, 5.41) is 4.35. The number of alkyl halides is 1. The second kappa shape index (κ2) is 4.85. The SMILES string of the molecule is CC(CBr)NCc1cncs1. The molecule has 1 aromatic heterocycles. The first-order valence-electron chi connectivity index (χ1n) is 3.49. The van der Waals surface area contributed by atoms with Crippen molar-refractivity contribution in [3.05, 3.63) is 16.6 Å². The average molecular weight is 235 g/mol. The van der Waals surface area contributed by atoms with Crippen molar-refractivity contribution in [2.24, 2.45) is 0 Å². The zero-order chi connectivity index (χ0) is 8.10. The van der Waals surface area contributed by atoms with Crippen LogP contribution in [-0.2, 0) is 6.54 Å². The van der Waals surface area contributed by atoms with Gasteiger partial charge in [-0.2, -0.15) is 0 Å². The number of thiazole rings is 1. The predicted molar refractivity (Wildman–Crippen MR) is 52.2 cm³/mol. The molecular formula is C7H11BrN2S. The van der Waals surface area contributed by atoms with Crippen LogP contribution in [0.2, 0.25) is 0 Å². The minimum atomic E-state index is 0.525. The van der Waals surface area contributed by atoms with Crippen LogP contribution in [0.3, 0.4) is 0 Å². The Labute approximate surface area is 79.2 Å². The lowest BCUT2D eigenvalue weighted by Gasteiger charge is -2.07. The topological polar surface area (TPSA) is 24.9 Å². The van der Waals surface area contributed by atoms with Gasteiger partial charge in [-0.3, -0.25) is 4.98 Å². The van der Waals surface area contributed by atoms with E-state index in [1.54, 1.807) is 11.3 Å². The minimum absolute atomic E-state index is 0.525. The Kier molecular flexibility index (Phi) is 4.04. The summed E-state index contributed by atoms with van der Waals surface area (Å²) >= 11 is 5.09. The fourth-order valence-electron chi connectivity index (χ4n) is 0.659. The second-order valence-corrected chi connectivity index (χ2v) is 4.02. The molecule has 1 heterocycles. The van der Waals surface area contributed by atoms with Crippen molar-refractivity contribution in [2.75, 3.05) is 5.33 Å². The quantitative estimate of drug-likeness (QED) is 0.807. The summed E-state index contributed by atoms with van der Waals surface area (Å²) in [4.78, 5) is 5.28. The van der Waals surface area contributed by atoms with Crippen LogP contribution < -0.4 is 5.32 Å². The van der Waals surface area contributed by atoms with Crippen molar-refractivity contribution in [3.8, 4) is 0 Å². The highest BCUT2D eigenvalue weighted by Crippen LogP contribution is 2.04. The molecule has 11 heavy (non-hydrogen) atoms. The van der Waals surface area contributed by atoms with Gasteiger partial charge < -0.3 is 5.32 Å². The Balaban J connectivity index is 2.23. The highest BCUT2D eigenvalue weighted by molar-refractivity contribution is 9.09. The molecule has 0 aliphatic carbocycles. The summed E-state index contributed by atoms with van der Waals surface area (Å²) in [6.45, 7) is 3.08. The lowest BCUT2D eigenvalue weighted by atomic mass is 10.4. The molecule has 0 spiro atoms. The van der Waals surface area contributed by atoms with E-state index in [2.05, 4.69) is 33.2 Å². The predicted octanol–water partition coefficient (Wildman–Crippen LogP) is 2.02. The molecule has 1 atom stereocenters. The van der Waals surface area contributed by atoms with E-state index in [9.17, 15) is 0 Å². The van der Waals surface area contributed by atoms with Crippen LogP contribution in [0.25, 0.3) is 0 Å². The van der Waals surface area contributed by atoms with Gasteiger partial charge in [0.1, 0.15) is 0 Å². The maximum atomic E-state index is 3.99. The van der Waals surface area contributed by atoms with Gasteiger partial charge in [0, 0.05) is 29.0 Å². The number of nitrogens with zero attached hydrogens (tertiary/aromatic N) is 1. The fourth-order valence-corrected chi connectivity index (χ4v) is 1.43. The van der Waals surface area contributed by atoms with Gasteiger partial charge in [0.2, 0.25) is 0 Å². The van der Waals surface area contributed by atoms with Gasteiger partial charge in [-0.15, -0.1) is 11.3 Å². The average Bonchev–Trinajstić information content (AvgIpc) is 2.52. The smallest absolute Gasteiger partial charge is 0.0794 e. The molecule has 0 amide bonds. The fraction of sp³-hybridized carbons (Fsp3) is 0.571. The van der Waals surface area contributed by atoms with Gasteiger partial charge in [0.15, 0.2) is 0 Å². The molecule has 0 saturated heterocycles. The number of aromatic nitrogens is 1. The third kappa shape index (κ3) is 3.31. The van der Waals surface area contributed by atoms with Crippen LogP contribution in [0.15, 0.2) is 11.7 Å². The van der Waals surface area contributed by atoms with Crippen LogP contribution >= 0.6 is 27.3 Å². The molecule has 2 nitrogen and oxygen atoms in total. The van der Waals surface area contributed by atoms with Crippen molar-refractivity contribution < 1.29 is 0 Å². The van der Waals surface area contributed by atoms with E-state index in [1.807, 2.05) is 11.7 Å². The van der Waals surface area contributed by atoms with Crippen molar-refractivity contribution in [2.45, 2.75) is 19.5 Å². The first-order valence-corrected chi connectivity index (χ1v) is 5.49. The molecule has 0 fully saturated rings. The third-order valence-corrected chi connectivity index (χ3v) is 3.09. The van der Waals surface area contributed by atoms with E-state index in [4.69, 9.17) is 0 Å². The zero-order valence-corrected chi connectivity index (χ0v) is 8.78. The Morgan fingerprint density at radius 3 is 3.18 bits per heavy atom. The normalized spacial score (nSPS) is 13.3. The highest BCUT2D eigenvalue weighted by Gasteiger charge is 1.98. The first kappa shape index (κ1) is 9.16. The van der Waals surface area contributed by atoms with E-state index >= 15 is 0 Å². The van der Waals surface area contributed by atoms with Crippen LogP contribution in [0, 0.1) is 0 Å². The Bertz CT molecular complexity index is 188. The number of hydrogen-bond donors (Lipinski definition) is 1. The highest BCUT2D eigenvalue weighted by atomic mass is 79.9. The lowest BCUT2D eigenvalue weighted by molar-refractivity contribution is 0.602. The maximum Gasteiger partial charge on any atom is 0.0794 e. The van der Waals surface area contributed by atoms with Crippen LogP contribution in [-0.4, -0.2) is 16.4 Å². The van der Waals surface area contributed by atoms with Crippen molar-refractivity contribution in [3.63, 3.8) is 0 Å². The molecule has 1 rings (SSSR count). The van der Waals surface area contributed by atoms with Gasteiger partial charge in [-0.25, -0.2) is 0 Å². The van der Waals surface area contributed by atoms with E-state index < -0.39 is 0 Å². The summed E-state index contributed by atoms with van der Waals surface area (Å²) in [6.07, 6.45) is 1.90. The molecular weight excluding hydrogens is 224 g/mol.